The fourth-order valence-electron chi connectivity index (χ4n) is 3.90. The number of rotatable bonds is 3. The van der Waals surface area contributed by atoms with Crippen LogP contribution in [0.4, 0.5) is 5.69 Å². The summed E-state index contributed by atoms with van der Waals surface area (Å²) >= 11 is 0. The lowest BCUT2D eigenvalue weighted by molar-refractivity contribution is 0.827. The molecule has 0 amide bonds. The highest BCUT2D eigenvalue weighted by Gasteiger charge is 2.09. The molecule has 27 heavy (non-hydrogen) atoms. The van der Waals surface area contributed by atoms with Gasteiger partial charge < -0.3 is 4.57 Å². The molecular weight excluding hydrogens is 328 g/mol. The van der Waals surface area contributed by atoms with Crippen LogP contribution >= 0.6 is 0 Å². The van der Waals surface area contributed by atoms with Gasteiger partial charge in [0.05, 0.1) is 11.2 Å². The first-order valence-electron chi connectivity index (χ1n) is 9.37. The first-order valence-corrected chi connectivity index (χ1v) is 9.37. The topological polar surface area (TPSA) is 17.3 Å². The Morgan fingerprint density at radius 1 is 0.741 bits per heavy atom. The van der Waals surface area contributed by atoms with Gasteiger partial charge >= 0.3 is 0 Å². The molecule has 0 atom stereocenters. The Morgan fingerprint density at radius 3 is 2.41 bits per heavy atom. The van der Waals surface area contributed by atoms with Crippen molar-refractivity contribution < 1.29 is 0 Å². The fourth-order valence-corrected chi connectivity index (χ4v) is 3.90. The highest BCUT2D eigenvalue weighted by atomic mass is 15.0. The number of para-hydroxylation sites is 1. The van der Waals surface area contributed by atoms with Crippen LogP contribution in [0.15, 0.2) is 89.9 Å². The van der Waals surface area contributed by atoms with Crippen molar-refractivity contribution in [1.82, 2.24) is 4.57 Å². The lowest BCUT2D eigenvalue weighted by atomic mass is 10.1. The lowest BCUT2D eigenvalue weighted by Gasteiger charge is -2.03. The smallest absolute Gasteiger partial charge is 0.0651 e. The molecule has 0 unspecified atom stereocenters. The maximum atomic E-state index is 4.74. The number of benzene rings is 4. The second-order valence-corrected chi connectivity index (χ2v) is 6.83. The number of hydrogen-bond donors (Lipinski definition) is 0. The van der Waals surface area contributed by atoms with E-state index < -0.39 is 0 Å². The van der Waals surface area contributed by atoms with Crippen molar-refractivity contribution >= 4 is 44.5 Å². The van der Waals surface area contributed by atoms with E-state index in [1.165, 1.54) is 32.6 Å². The summed E-state index contributed by atoms with van der Waals surface area (Å²) in [7, 11) is 0. The van der Waals surface area contributed by atoms with Crippen LogP contribution in [0.2, 0.25) is 0 Å². The third-order valence-corrected chi connectivity index (χ3v) is 5.21. The van der Waals surface area contributed by atoms with Gasteiger partial charge in [-0.15, -0.1) is 0 Å². The Labute approximate surface area is 158 Å². The number of nitrogens with zero attached hydrogens (tertiary/aromatic N) is 2. The van der Waals surface area contributed by atoms with Gasteiger partial charge in [-0.1, -0.05) is 60.7 Å². The Hall–Kier alpha value is -3.39. The van der Waals surface area contributed by atoms with Gasteiger partial charge in [0.2, 0.25) is 0 Å². The van der Waals surface area contributed by atoms with Crippen LogP contribution in [0, 0.1) is 0 Å². The zero-order chi connectivity index (χ0) is 18.2. The van der Waals surface area contributed by atoms with Crippen LogP contribution in [0.3, 0.4) is 0 Å². The third kappa shape index (κ3) is 2.70. The summed E-state index contributed by atoms with van der Waals surface area (Å²) in [6, 6.07) is 29.9. The van der Waals surface area contributed by atoms with Crippen LogP contribution in [0.1, 0.15) is 12.5 Å². The van der Waals surface area contributed by atoms with Crippen LogP contribution in [-0.4, -0.2) is 10.8 Å². The molecule has 2 heteroatoms. The molecule has 1 aromatic heterocycles. The van der Waals surface area contributed by atoms with Gasteiger partial charge in [0.1, 0.15) is 0 Å². The fraction of sp³-hybridized carbons (Fsp3) is 0.0800. The minimum Gasteiger partial charge on any atom is -0.341 e. The number of hydrogen-bond acceptors (Lipinski definition) is 1. The minimum absolute atomic E-state index is 0.946. The second-order valence-electron chi connectivity index (χ2n) is 6.83. The van der Waals surface area contributed by atoms with Crippen molar-refractivity contribution in [1.29, 1.82) is 0 Å². The average Bonchev–Trinajstić information content (AvgIpc) is 3.05. The van der Waals surface area contributed by atoms with E-state index in [9.17, 15) is 0 Å². The highest BCUT2D eigenvalue weighted by Crippen LogP contribution is 2.31. The maximum absolute atomic E-state index is 4.74. The standard InChI is InChI=1S/C25H20N2/c1-2-27-24-10-6-5-9-22(24)23-14-13-21(16-25(23)27)26-17-18-11-12-19-7-3-4-8-20(19)15-18/h3-17H,2H2,1H3. The van der Waals surface area contributed by atoms with E-state index in [-0.39, 0.29) is 0 Å². The molecule has 0 aliphatic rings. The molecule has 2 nitrogen and oxygen atoms in total. The molecule has 1 heterocycles. The highest BCUT2D eigenvalue weighted by molar-refractivity contribution is 6.08. The molecule has 0 aliphatic heterocycles. The first-order chi connectivity index (χ1) is 13.3. The van der Waals surface area contributed by atoms with Gasteiger partial charge in [0.15, 0.2) is 0 Å². The molecule has 0 saturated carbocycles. The van der Waals surface area contributed by atoms with E-state index >= 15 is 0 Å². The average molecular weight is 348 g/mol. The summed E-state index contributed by atoms with van der Waals surface area (Å²) in [5.74, 6) is 0. The van der Waals surface area contributed by atoms with E-state index in [0.717, 1.165) is 17.8 Å². The number of fused-ring (bicyclic) bond motifs is 4. The van der Waals surface area contributed by atoms with Crippen molar-refractivity contribution in [3.63, 3.8) is 0 Å². The second kappa shape index (κ2) is 6.40. The van der Waals surface area contributed by atoms with Crippen molar-refractivity contribution in [2.24, 2.45) is 4.99 Å². The first kappa shape index (κ1) is 15.8. The van der Waals surface area contributed by atoms with Crippen LogP contribution in [0.5, 0.6) is 0 Å². The van der Waals surface area contributed by atoms with Crippen molar-refractivity contribution in [2.45, 2.75) is 13.5 Å². The van der Waals surface area contributed by atoms with Crippen molar-refractivity contribution in [3.05, 3.63) is 90.5 Å². The normalized spacial score (nSPS) is 11.9. The summed E-state index contributed by atoms with van der Waals surface area (Å²) in [6.07, 6.45) is 1.95. The number of aryl methyl sites for hydroxylation is 1. The largest absolute Gasteiger partial charge is 0.341 e. The monoisotopic (exact) mass is 348 g/mol. The molecule has 0 radical (unpaired) electrons. The van der Waals surface area contributed by atoms with Gasteiger partial charge in [-0.2, -0.15) is 0 Å². The summed E-state index contributed by atoms with van der Waals surface area (Å²) in [5, 5.41) is 5.09. The van der Waals surface area contributed by atoms with Gasteiger partial charge in [-0.25, -0.2) is 0 Å². The summed E-state index contributed by atoms with van der Waals surface area (Å²) < 4.78 is 2.36. The zero-order valence-electron chi connectivity index (χ0n) is 15.3. The van der Waals surface area contributed by atoms with Crippen molar-refractivity contribution in [2.75, 3.05) is 0 Å². The molecule has 0 N–H and O–H groups in total. The summed E-state index contributed by atoms with van der Waals surface area (Å²) in [4.78, 5) is 4.74. The van der Waals surface area contributed by atoms with E-state index in [4.69, 9.17) is 4.99 Å². The molecule has 0 aliphatic carbocycles. The van der Waals surface area contributed by atoms with Crippen LogP contribution in [0.25, 0.3) is 32.6 Å². The summed E-state index contributed by atoms with van der Waals surface area (Å²) in [5.41, 5.74) is 4.62. The number of aliphatic imine (C=N–C) groups is 1. The Morgan fingerprint density at radius 2 is 1.52 bits per heavy atom. The van der Waals surface area contributed by atoms with Gasteiger partial charge in [-0.05, 0) is 47.5 Å². The van der Waals surface area contributed by atoms with Gasteiger partial charge in [0, 0.05) is 29.0 Å². The van der Waals surface area contributed by atoms with Crippen molar-refractivity contribution in [3.8, 4) is 0 Å². The predicted octanol–water partition coefficient (Wildman–Crippen LogP) is 6.72. The molecule has 0 bridgehead atoms. The predicted molar refractivity (Wildman–Crippen MR) is 116 cm³/mol. The quantitative estimate of drug-likeness (QED) is 0.322. The summed E-state index contributed by atoms with van der Waals surface area (Å²) in [6.45, 7) is 3.14. The maximum Gasteiger partial charge on any atom is 0.0651 e. The molecule has 4 aromatic carbocycles. The van der Waals surface area contributed by atoms with Gasteiger partial charge in [-0.3, -0.25) is 4.99 Å². The van der Waals surface area contributed by atoms with Crippen LogP contribution < -0.4 is 0 Å². The molecule has 0 saturated heterocycles. The van der Waals surface area contributed by atoms with E-state index in [1.54, 1.807) is 0 Å². The zero-order valence-corrected chi connectivity index (χ0v) is 15.3. The minimum atomic E-state index is 0.946. The molecule has 130 valence electrons. The molecule has 5 aromatic rings. The van der Waals surface area contributed by atoms with E-state index in [0.29, 0.717) is 0 Å². The Bertz CT molecular complexity index is 1310. The molecule has 5 rings (SSSR count). The number of aromatic nitrogens is 1. The van der Waals surface area contributed by atoms with E-state index in [2.05, 4.69) is 96.4 Å². The molecular formula is C25H20N2. The SMILES string of the molecule is CCn1c2ccccc2c2ccc(N=Cc3ccc4ccccc4c3)cc21. The Kier molecular flexibility index (Phi) is 3.75. The lowest BCUT2D eigenvalue weighted by Crippen LogP contribution is -1.92. The van der Waals surface area contributed by atoms with Gasteiger partial charge in [0.25, 0.3) is 0 Å². The molecule has 0 spiro atoms. The third-order valence-electron chi connectivity index (χ3n) is 5.21. The Balaban J connectivity index is 1.58. The van der Waals surface area contributed by atoms with Crippen LogP contribution in [-0.2, 0) is 6.54 Å². The van der Waals surface area contributed by atoms with E-state index in [1.807, 2.05) is 6.21 Å². The molecule has 0 fully saturated rings.